The first-order chi connectivity index (χ1) is 3.41. The summed E-state index contributed by atoms with van der Waals surface area (Å²) in [6, 6.07) is 0. The molecule has 3 nitrogen and oxygen atoms in total. The molecule has 0 aromatic carbocycles. The van der Waals surface area contributed by atoms with Gasteiger partial charge >= 0.3 is 0 Å². The van der Waals surface area contributed by atoms with Crippen LogP contribution in [0.3, 0.4) is 0 Å². The number of methoxy groups -OCH3 is 1. The molecule has 0 aromatic heterocycles. The fourth-order valence-electron chi connectivity index (χ4n) is 0.203. The van der Waals surface area contributed by atoms with E-state index in [4.69, 9.17) is 0 Å². The highest BCUT2D eigenvalue weighted by atomic mass is 16.7. The zero-order valence-corrected chi connectivity index (χ0v) is 4.73. The van der Waals surface area contributed by atoms with Gasteiger partial charge in [-0.25, -0.2) is 5.48 Å². The molecule has 0 saturated heterocycles. The summed E-state index contributed by atoms with van der Waals surface area (Å²) in [5.74, 6) is 0. The van der Waals surface area contributed by atoms with Gasteiger partial charge < -0.3 is 4.74 Å². The minimum atomic E-state index is 0.313. The molecule has 7 heavy (non-hydrogen) atoms. The van der Waals surface area contributed by atoms with Gasteiger partial charge in [0.15, 0.2) is 6.79 Å². The second-order valence-electron chi connectivity index (χ2n) is 1.05. The summed E-state index contributed by atoms with van der Waals surface area (Å²) < 4.78 is 4.56. The average Bonchev–Trinajstić information content (AvgIpc) is 1.69. The second kappa shape index (κ2) is 5.88. The van der Waals surface area contributed by atoms with E-state index < -0.39 is 0 Å². The molecule has 1 N–H and O–H groups in total. The maximum atomic E-state index is 4.66. The van der Waals surface area contributed by atoms with E-state index in [0.717, 1.165) is 6.54 Å². The molecule has 0 aliphatic heterocycles. The van der Waals surface area contributed by atoms with Crippen LogP contribution in [0.15, 0.2) is 0 Å². The second-order valence-corrected chi connectivity index (χ2v) is 1.05. The standard InChI is InChI=1S/C4H11NO2/c1-3-5-7-4-6-2/h5H,3-4H2,1-2H3. The molecule has 0 radical (unpaired) electrons. The summed E-state index contributed by atoms with van der Waals surface area (Å²) in [6.45, 7) is 3.08. The van der Waals surface area contributed by atoms with Crippen molar-refractivity contribution >= 4 is 0 Å². The van der Waals surface area contributed by atoms with E-state index >= 15 is 0 Å². The summed E-state index contributed by atoms with van der Waals surface area (Å²) in [5.41, 5.74) is 2.62. The summed E-state index contributed by atoms with van der Waals surface area (Å²) in [6.07, 6.45) is 0. The van der Waals surface area contributed by atoms with Crippen molar-refractivity contribution in [1.82, 2.24) is 5.48 Å². The lowest BCUT2D eigenvalue weighted by Gasteiger charge is -1.98. The molecule has 0 fully saturated rings. The Labute approximate surface area is 43.6 Å². The first-order valence-electron chi connectivity index (χ1n) is 2.25. The molecule has 0 bridgehead atoms. The van der Waals surface area contributed by atoms with Crippen LogP contribution in [0.4, 0.5) is 0 Å². The van der Waals surface area contributed by atoms with Gasteiger partial charge in [0.1, 0.15) is 0 Å². The monoisotopic (exact) mass is 105 g/mol. The van der Waals surface area contributed by atoms with E-state index in [0.29, 0.717) is 6.79 Å². The number of ether oxygens (including phenoxy) is 1. The smallest absolute Gasteiger partial charge is 0.166 e. The molecule has 0 spiro atoms. The van der Waals surface area contributed by atoms with E-state index in [-0.39, 0.29) is 0 Å². The normalized spacial score (nSPS) is 9.43. The Morgan fingerprint density at radius 2 is 2.29 bits per heavy atom. The van der Waals surface area contributed by atoms with E-state index in [1.165, 1.54) is 0 Å². The molecule has 0 aliphatic carbocycles. The van der Waals surface area contributed by atoms with Crippen LogP contribution < -0.4 is 5.48 Å². The lowest BCUT2D eigenvalue weighted by molar-refractivity contribution is -0.0799. The van der Waals surface area contributed by atoms with Crippen molar-refractivity contribution in [3.8, 4) is 0 Å². The van der Waals surface area contributed by atoms with Gasteiger partial charge in [0.05, 0.1) is 0 Å². The predicted molar refractivity (Wildman–Crippen MR) is 26.6 cm³/mol. The summed E-state index contributed by atoms with van der Waals surface area (Å²) in [4.78, 5) is 4.66. The number of hydrogen-bond acceptors (Lipinski definition) is 3. The molecular weight excluding hydrogens is 94.0 g/mol. The van der Waals surface area contributed by atoms with Gasteiger partial charge in [0.2, 0.25) is 0 Å². The van der Waals surface area contributed by atoms with Crippen molar-refractivity contribution in [2.75, 3.05) is 20.4 Å². The number of rotatable bonds is 4. The molecule has 0 aromatic rings. The molecule has 44 valence electrons. The number of nitrogens with one attached hydrogen (secondary N) is 1. The molecule has 0 aliphatic rings. The van der Waals surface area contributed by atoms with E-state index in [1.807, 2.05) is 6.92 Å². The third-order valence-electron chi connectivity index (χ3n) is 0.423. The maximum absolute atomic E-state index is 4.66. The molecule has 0 saturated carbocycles. The quantitative estimate of drug-likeness (QED) is 0.313. The molecule has 0 rings (SSSR count). The van der Waals surface area contributed by atoms with E-state index in [9.17, 15) is 0 Å². The minimum Gasteiger partial charge on any atom is -0.357 e. The summed E-state index contributed by atoms with van der Waals surface area (Å²) in [5, 5.41) is 0. The average molecular weight is 105 g/mol. The van der Waals surface area contributed by atoms with Gasteiger partial charge in [0, 0.05) is 13.7 Å². The van der Waals surface area contributed by atoms with Crippen molar-refractivity contribution in [3.63, 3.8) is 0 Å². The van der Waals surface area contributed by atoms with Crippen LogP contribution in [0.5, 0.6) is 0 Å². The van der Waals surface area contributed by atoms with E-state index in [1.54, 1.807) is 7.11 Å². The van der Waals surface area contributed by atoms with Crippen LogP contribution in [-0.4, -0.2) is 20.4 Å². The first kappa shape index (κ1) is 6.88. The Hall–Kier alpha value is -0.120. The van der Waals surface area contributed by atoms with Crippen LogP contribution in [-0.2, 0) is 9.57 Å². The highest BCUT2D eigenvalue weighted by Gasteiger charge is 1.75. The fourth-order valence-corrected chi connectivity index (χ4v) is 0.203. The largest absolute Gasteiger partial charge is 0.357 e. The number of hydrogen-bond donors (Lipinski definition) is 1. The highest BCUT2D eigenvalue weighted by Crippen LogP contribution is 1.64. The third-order valence-corrected chi connectivity index (χ3v) is 0.423. The number of hydroxylamine groups is 1. The van der Waals surface area contributed by atoms with Gasteiger partial charge in [-0.2, -0.15) is 0 Å². The van der Waals surface area contributed by atoms with Gasteiger partial charge in [-0.3, -0.25) is 4.84 Å². The van der Waals surface area contributed by atoms with Crippen molar-refractivity contribution < 1.29 is 9.57 Å². The van der Waals surface area contributed by atoms with Crippen molar-refractivity contribution in [1.29, 1.82) is 0 Å². The maximum Gasteiger partial charge on any atom is 0.166 e. The van der Waals surface area contributed by atoms with Crippen LogP contribution in [0.1, 0.15) is 6.92 Å². The van der Waals surface area contributed by atoms with Crippen LogP contribution in [0, 0.1) is 0 Å². The van der Waals surface area contributed by atoms with Crippen molar-refractivity contribution in [2.45, 2.75) is 6.92 Å². The van der Waals surface area contributed by atoms with Crippen molar-refractivity contribution in [3.05, 3.63) is 0 Å². The Morgan fingerprint density at radius 1 is 1.57 bits per heavy atom. The van der Waals surface area contributed by atoms with E-state index in [2.05, 4.69) is 15.1 Å². The zero-order valence-electron chi connectivity index (χ0n) is 4.73. The Kier molecular flexibility index (Phi) is 5.78. The lowest BCUT2D eigenvalue weighted by atomic mass is 10.8. The summed E-state index contributed by atoms with van der Waals surface area (Å²) in [7, 11) is 1.58. The molecule has 3 heteroatoms. The first-order valence-corrected chi connectivity index (χ1v) is 2.25. The summed E-state index contributed by atoms with van der Waals surface area (Å²) >= 11 is 0. The van der Waals surface area contributed by atoms with Gasteiger partial charge in [0.25, 0.3) is 0 Å². The highest BCUT2D eigenvalue weighted by molar-refractivity contribution is 4.10. The molecule has 0 atom stereocenters. The van der Waals surface area contributed by atoms with Crippen LogP contribution in [0.2, 0.25) is 0 Å². The van der Waals surface area contributed by atoms with Crippen LogP contribution >= 0.6 is 0 Å². The fraction of sp³-hybridized carbons (Fsp3) is 1.00. The third kappa shape index (κ3) is 5.88. The molecule has 0 unspecified atom stereocenters. The van der Waals surface area contributed by atoms with Gasteiger partial charge in [-0.05, 0) is 0 Å². The minimum absolute atomic E-state index is 0.313. The van der Waals surface area contributed by atoms with Crippen LogP contribution in [0.25, 0.3) is 0 Å². The zero-order chi connectivity index (χ0) is 5.54. The van der Waals surface area contributed by atoms with Crippen molar-refractivity contribution in [2.24, 2.45) is 0 Å². The van der Waals surface area contributed by atoms with Gasteiger partial charge in [-0.1, -0.05) is 6.92 Å². The molecule has 0 heterocycles. The Bertz CT molecular complexity index is 28.9. The molecule has 0 amide bonds. The topological polar surface area (TPSA) is 30.5 Å². The molecular formula is C4H11NO2. The lowest BCUT2D eigenvalue weighted by Crippen LogP contribution is -2.14. The Morgan fingerprint density at radius 3 is 2.71 bits per heavy atom. The SMILES string of the molecule is CCNOCOC. The predicted octanol–water partition coefficient (Wildman–Crippen LogP) is 0.131. The van der Waals surface area contributed by atoms with Gasteiger partial charge in [-0.15, -0.1) is 0 Å². The Balaban J connectivity index is 2.45.